The number of carboxylic acid groups (broad SMARTS) is 2. The topological polar surface area (TPSA) is 107 Å². The fourth-order valence-corrected chi connectivity index (χ4v) is 4.60. The van der Waals surface area contributed by atoms with E-state index in [1.165, 1.54) is 83.5 Å². The molecule has 0 radical (unpaired) electrons. The molecule has 1 heterocycles. The molecule has 0 saturated heterocycles. The number of amidine groups is 1. The molecule has 8 heteroatoms. The van der Waals surface area contributed by atoms with Crippen LogP contribution in [-0.2, 0) is 9.59 Å². The number of aliphatic hydroxyl groups excluding tert-OH is 1. The molecule has 8 nitrogen and oxygen atoms in total. The maximum atomic E-state index is 11.2. The summed E-state index contributed by atoms with van der Waals surface area (Å²) in [5.41, 5.74) is 0. The number of aliphatic carboxylic acids is 2. The average molecular weight is 528 g/mol. The number of carbonyl (C=O) groups is 2. The van der Waals surface area contributed by atoms with Crippen molar-refractivity contribution in [3.05, 3.63) is 12.4 Å². The third-order valence-corrected chi connectivity index (χ3v) is 6.71. The van der Waals surface area contributed by atoms with Crippen LogP contribution in [0.3, 0.4) is 0 Å². The van der Waals surface area contributed by atoms with E-state index in [0.29, 0.717) is 4.48 Å². The van der Waals surface area contributed by atoms with E-state index in [1.807, 2.05) is 21.1 Å². The van der Waals surface area contributed by atoms with Gasteiger partial charge in [-0.15, -0.1) is 0 Å². The van der Waals surface area contributed by atoms with Gasteiger partial charge in [0.25, 0.3) is 0 Å². The first-order valence-corrected chi connectivity index (χ1v) is 14.5. The number of nitrogens with zero attached hydrogens (tertiary/aromatic N) is 3. The summed E-state index contributed by atoms with van der Waals surface area (Å²) in [4.78, 5) is 25.6. The summed E-state index contributed by atoms with van der Waals surface area (Å²) in [6.45, 7) is 3.94. The second-order valence-electron chi connectivity index (χ2n) is 11.5. The van der Waals surface area contributed by atoms with Crippen LogP contribution in [0, 0.1) is 0 Å². The van der Waals surface area contributed by atoms with Gasteiger partial charge in [-0.2, -0.15) is 0 Å². The van der Waals surface area contributed by atoms with Crippen molar-refractivity contribution in [2.45, 2.75) is 123 Å². The quantitative estimate of drug-likeness (QED) is 0.123. The molecule has 0 aliphatic carbocycles. The molecule has 0 fully saturated rings. The van der Waals surface area contributed by atoms with Crippen LogP contribution in [0.5, 0.6) is 0 Å². The number of quaternary nitrogens is 2. The van der Waals surface area contributed by atoms with E-state index in [4.69, 9.17) is 5.11 Å². The first-order valence-electron chi connectivity index (χ1n) is 14.5. The van der Waals surface area contributed by atoms with E-state index < -0.39 is 18.2 Å². The van der Waals surface area contributed by atoms with Crippen molar-refractivity contribution in [2.75, 3.05) is 34.2 Å². The smallest absolute Gasteiger partial charge is 0.360 e. The minimum absolute atomic E-state index is 0.0477. The Bertz CT molecular complexity index is 686. The number of hydrogen-bond donors (Lipinski definition) is 3. The van der Waals surface area contributed by atoms with Crippen LogP contribution in [0.25, 0.3) is 0 Å². The van der Waals surface area contributed by atoms with Gasteiger partial charge in [-0.1, -0.05) is 96.8 Å². The monoisotopic (exact) mass is 527 g/mol. The second-order valence-corrected chi connectivity index (χ2v) is 11.5. The van der Waals surface area contributed by atoms with Gasteiger partial charge in [0, 0.05) is 13.3 Å². The first kappa shape index (κ1) is 35.2. The summed E-state index contributed by atoms with van der Waals surface area (Å²) in [7, 11) is 5.52. The summed E-state index contributed by atoms with van der Waals surface area (Å²) in [5.74, 6) is -0.892. The molecule has 2 atom stereocenters. The highest BCUT2D eigenvalue weighted by molar-refractivity contribution is 5.81. The van der Waals surface area contributed by atoms with Gasteiger partial charge in [-0.3, -0.25) is 0 Å². The molecule has 0 spiro atoms. The van der Waals surface area contributed by atoms with Gasteiger partial charge in [0.15, 0.2) is 19.3 Å². The van der Waals surface area contributed by atoms with Crippen LogP contribution < -0.4 is 0 Å². The highest BCUT2D eigenvalue weighted by atomic mass is 16.4. The SMILES string of the molecule is CCCCCCCCCCCCCCCCCC1=NC=C[N+]1(CC(=O)O)C(C)O.C[N+](C)(C)CC(=O)O. The third-order valence-electron chi connectivity index (χ3n) is 6.71. The molecular formula is C29H57N3O5+2. The zero-order chi connectivity index (χ0) is 28.2. The lowest BCUT2D eigenvalue weighted by molar-refractivity contribution is -0.862. The number of hydrogen-bond acceptors (Lipinski definition) is 4. The standard InChI is InChI=1S/C24H44N2O3.C5H11NO2/c1-3-4-5-6-7-8-9-10-11-12-13-14-15-16-17-18-23-25-19-20-26(23,22(2)27)21-24(28)29;1-6(2,3)4-5(7)8/h19-20,22,27H,3-18,21H2,1-2H3;4H2,1-3H3/p+2. The van der Waals surface area contributed by atoms with Crippen LogP contribution in [0.15, 0.2) is 17.4 Å². The fourth-order valence-electron chi connectivity index (χ4n) is 4.60. The van der Waals surface area contributed by atoms with Gasteiger partial charge in [-0.05, 0) is 6.42 Å². The second kappa shape index (κ2) is 20.2. The normalized spacial score (nSPS) is 17.7. The number of rotatable bonds is 21. The molecule has 0 amide bonds. The predicted molar refractivity (Wildman–Crippen MR) is 151 cm³/mol. The van der Waals surface area contributed by atoms with Crippen LogP contribution in [0.1, 0.15) is 117 Å². The minimum atomic E-state index is -0.915. The molecule has 216 valence electrons. The molecule has 37 heavy (non-hydrogen) atoms. The van der Waals surface area contributed by atoms with Crippen molar-refractivity contribution >= 4 is 17.8 Å². The Labute approximate surface area is 226 Å². The molecule has 0 saturated carbocycles. The van der Waals surface area contributed by atoms with Crippen molar-refractivity contribution in [3.8, 4) is 0 Å². The van der Waals surface area contributed by atoms with E-state index in [9.17, 15) is 19.8 Å². The van der Waals surface area contributed by atoms with Gasteiger partial charge in [0.1, 0.15) is 6.20 Å². The van der Waals surface area contributed by atoms with Crippen LogP contribution in [-0.4, -0.2) is 82.5 Å². The zero-order valence-corrected chi connectivity index (χ0v) is 24.5. The summed E-state index contributed by atoms with van der Waals surface area (Å²) in [6, 6.07) is 0. The van der Waals surface area contributed by atoms with Gasteiger partial charge in [-0.25, -0.2) is 19.1 Å². The predicted octanol–water partition coefficient (Wildman–Crippen LogP) is 6.15. The Kier molecular flexibility index (Phi) is 19.3. The molecule has 1 rings (SSSR count). The summed E-state index contributed by atoms with van der Waals surface area (Å²) >= 11 is 0. The molecular weight excluding hydrogens is 470 g/mol. The van der Waals surface area contributed by atoms with Crippen LogP contribution in [0.2, 0.25) is 0 Å². The van der Waals surface area contributed by atoms with Crippen LogP contribution in [0.4, 0.5) is 0 Å². The van der Waals surface area contributed by atoms with Crippen molar-refractivity contribution in [1.29, 1.82) is 0 Å². The summed E-state index contributed by atoms with van der Waals surface area (Å²) < 4.78 is 0.434. The molecule has 0 aromatic carbocycles. The lowest BCUT2D eigenvalue weighted by atomic mass is 10.0. The summed E-state index contributed by atoms with van der Waals surface area (Å²) in [5, 5.41) is 27.6. The molecule has 1 aliphatic rings. The molecule has 0 bridgehead atoms. The van der Waals surface area contributed by atoms with E-state index in [2.05, 4.69) is 11.9 Å². The van der Waals surface area contributed by atoms with Crippen molar-refractivity contribution < 1.29 is 33.9 Å². The number of carboxylic acids is 2. The minimum Gasteiger partial charge on any atom is -0.477 e. The number of aliphatic imine (C=N–C) groups is 1. The third kappa shape index (κ3) is 18.2. The number of likely N-dealkylation sites (N-methyl/N-ethyl adjacent to an activating group) is 1. The average Bonchev–Trinajstić information content (AvgIpc) is 3.18. The van der Waals surface area contributed by atoms with E-state index >= 15 is 0 Å². The van der Waals surface area contributed by atoms with E-state index in [0.717, 1.165) is 25.1 Å². The Morgan fingerprint density at radius 1 is 0.811 bits per heavy atom. The van der Waals surface area contributed by atoms with Gasteiger partial charge >= 0.3 is 11.9 Å². The molecule has 3 N–H and O–H groups in total. The largest absolute Gasteiger partial charge is 0.477 e. The molecule has 0 aromatic heterocycles. The van der Waals surface area contributed by atoms with Gasteiger partial charge in [0.2, 0.25) is 5.84 Å². The Balaban J connectivity index is 0.00000139. The highest BCUT2D eigenvalue weighted by Crippen LogP contribution is 2.24. The number of aliphatic hydroxyl groups is 1. The Hall–Kier alpha value is -1.77. The van der Waals surface area contributed by atoms with Gasteiger partial charge < -0.3 is 19.8 Å². The molecule has 0 aromatic rings. The molecule has 1 aliphatic heterocycles. The van der Waals surface area contributed by atoms with Crippen LogP contribution >= 0.6 is 0 Å². The maximum absolute atomic E-state index is 11.2. The number of unbranched alkanes of at least 4 members (excludes halogenated alkanes) is 14. The first-order chi connectivity index (χ1) is 17.4. The summed E-state index contributed by atoms with van der Waals surface area (Å²) in [6.07, 6.45) is 23.2. The van der Waals surface area contributed by atoms with E-state index in [1.54, 1.807) is 19.3 Å². The Morgan fingerprint density at radius 2 is 1.24 bits per heavy atom. The lowest BCUT2D eigenvalue weighted by Crippen LogP contribution is -2.55. The fraction of sp³-hybridized carbons (Fsp3) is 0.828. The van der Waals surface area contributed by atoms with Crippen molar-refractivity contribution in [1.82, 2.24) is 0 Å². The zero-order valence-electron chi connectivity index (χ0n) is 24.5. The highest BCUT2D eigenvalue weighted by Gasteiger charge is 2.41. The molecule has 2 unspecified atom stereocenters. The van der Waals surface area contributed by atoms with E-state index in [-0.39, 0.29) is 17.6 Å². The van der Waals surface area contributed by atoms with Crippen molar-refractivity contribution in [2.24, 2.45) is 4.99 Å². The Morgan fingerprint density at radius 3 is 1.57 bits per heavy atom. The van der Waals surface area contributed by atoms with Crippen molar-refractivity contribution in [3.63, 3.8) is 0 Å². The lowest BCUT2D eigenvalue weighted by Gasteiger charge is -2.33. The van der Waals surface area contributed by atoms with Gasteiger partial charge in [0.05, 0.1) is 27.3 Å². The maximum Gasteiger partial charge on any atom is 0.360 e.